The normalized spacial score (nSPS) is 12.4. The first-order valence-corrected chi connectivity index (χ1v) is 9.36. The van der Waals surface area contributed by atoms with Crippen LogP contribution < -0.4 is 9.54 Å². The molecule has 2 aromatic heterocycles. The van der Waals surface area contributed by atoms with E-state index in [1.165, 1.54) is 24.8 Å². The number of ether oxygens (including phenoxy) is 1. The van der Waals surface area contributed by atoms with Gasteiger partial charge < -0.3 is 13.8 Å². The molecule has 3 rings (SSSR count). The monoisotopic (exact) mass is 406 g/mol. The highest BCUT2D eigenvalue weighted by Crippen LogP contribution is 2.26. The Balaban J connectivity index is 2.07. The zero-order chi connectivity index (χ0) is 19.6. The summed E-state index contributed by atoms with van der Waals surface area (Å²) in [5.74, 6) is 0.492. The van der Waals surface area contributed by atoms with Crippen LogP contribution in [0.1, 0.15) is 41.8 Å². The predicted octanol–water partition coefficient (Wildman–Crippen LogP) is 3.68. The van der Waals surface area contributed by atoms with E-state index in [-0.39, 0.29) is 5.41 Å². The largest absolute Gasteiger partial charge is 0.496 e. The first-order valence-electron chi connectivity index (χ1n) is 8.16. The summed E-state index contributed by atoms with van der Waals surface area (Å²) >= 11 is 7.48. The van der Waals surface area contributed by atoms with Crippen molar-refractivity contribution in [3.63, 3.8) is 0 Å². The Labute approximate surface area is 165 Å². The Morgan fingerprint density at radius 1 is 1.41 bits per heavy atom. The molecule has 0 bridgehead atoms. The van der Waals surface area contributed by atoms with Crippen molar-refractivity contribution in [2.45, 2.75) is 32.7 Å². The van der Waals surface area contributed by atoms with E-state index >= 15 is 0 Å². The fourth-order valence-electron chi connectivity index (χ4n) is 2.34. The molecule has 0 aliphatic heterocycles. The smallest absolute Gasteiger partial charge is 0.283 e. The molecule has 1 aromatic carbocycles. The van der Waals surface area contributed by atoms with Crippen LogP contribution >= 0.6 is 22.9 Å². The lowest BCUT2D eigenvalue weighted by atomic mass is 9.95. The van der Waals surface area contributed by atoms with Crippen LogP contribution in [0, 0.1) is 0 Å². The van der Waals surface area contributed by atoms with Gasteiger partial charge in [-0.2, -0.15) is 9.98 Å². The molecule has 0 atom stereocenters. The van der Waals surface area contributed by atoms with E-state index in [1.54, 1.807) is 18.2 Å². The van der Waals surface area contributed by atoms with Gasteiger partial charge in [-0.3, -0.25) is 4.79 Å². The summed E-state index contributed by atoms with van der Waals surface area (Å²) in [6, 6.07) is 4.86. The standard InChI is InChI=1S/C18H19ClN4O3S/c1-18(2,3)14-8-23(9-15-20-10-26-22-15)17(27-14)21-16(24)12-7-11(19)5-6-13(12)25-4/h5-8,10H,9H2,1-4H3/b21-17-. The number of halogens is 1. The van der Waals surface area contributed by atoms with Crippen molar-refractivity contribution in [1.29, 1.82) is 0 Å². The van der Waals surface area contributed by atoms with Crippen LogP contribution in [-0.2, 0) is 12.0 Å². The Morgan fingerprint density at radius 3 is 2.81 bits per heavy atom. The molecule has 2 heterocycles. The van der Waals surface area contributed by atoms with Crippen LogP contribution in [0.25, 0.3) is 0 Å². The Morgan fingerprint density at radius 2 is 2.19 bits per heavy atom. The summed E-state index contributed by atoms with van der Waals surface area (Å²) in [5, 5.41) is 4.27. The van der Waals surface area contributed by atoms with Crippen LogP contribution in [0.3, 0.4) is 0 Å². The summed E-state index contributed by atoms with van der Waals surface area (Å²) < 4.78 is 11.9. The van der Waals surface area contributed by atoms with Crippen LogP contribution in [0.5, 0.6) is 5.75 Å². The summed E-state index contributed by atoms with van der Waals surface area (Å²) in [7, 11) is 1.50. The van der Waals surface area contributed by atoms with Gasteiger partial charge in [0.2, 0.25) is 6.39 Å². The lowest BCUT2D eigenvalue weighted by Crippen LogP contribution is -2.18. The quantitative estimate of drug-likeness (QED) is 0.660. The minimum Gasteiger partial charge on any atom is -0.496 e. The van der Waals surface area contributed by atoms with E-state index in [9.17, 15) is 4.79 Å². The van der Waals surface area contributed by atoms with Gasteiger partial charge in [-0.1, -0.05) is 37.5 Å². The first-order chi connectivity index (χ1) is 12.8. The third-order valence-corrected chi connectivity index (χ3v) is 5.45. The molecular formula is C18H19ClN4O3S. The van der Waals surface area contributed by atoms with Gasteiger partial charge in [-0.15, -0.1) is 11.3 Å². The van der Waals surface area contributed by atoms with Gasteiger partial charge in [0.1, 0.15) is 5.75 Å². The van der Waals surface area contributed by atoms with Crippen molar-refractivity contribution in [2.24, 2.45) is 4.99 Å². The summed E-state index contributed by atoms with van der Waals surface area (Å²) in [6.07, 6.45) is 3.23. The zero-order valence-electron chi connectivity index (χ0n) is 15.4. The highest BCUT2D eigenvalue weighted by atomic mass is 35.5. The number of aromatic nitrogens is 3. The molecule has 9 heteroatoms. The third-order valence-electron chi connectivity index (χ3n) is 3.77. The van der Waals surface area contributed by atoms with E-state index in [0.717, 1.165) is 4.88 Å². The number of rotatable bonds is 4. The van der Waals surface area contributed by atoms with Crippen LogP contribution in [0.15, 0.2) is 40.3 Å². The number of nitrogens with zero attached hydrogens (tertiary/aromatic N) is 4. The van der Waals surface area contributed by atoms with E-state index in [0.29, 0.717) is 33.5 Å². The molecule has 0 aliphatic carbocycles. The van der Waals surface area contributed by atoms with Gasteiger partial charge in [-0.25, -0.2) is 0 Å². The number of amides is 1. The van der Waals surface area contributed by atoms with Gasteiger partial charge >= 0.3 is 0 Å². The Hall–Kier alpha value is -2.45. The van der Waals surface area contributed by atoms with Crippen molar-refractivity contribution in [3.8, 4) is 5.75 Å². The summed E-state index contributed by atoms with van der Waals surface area (Å²) in [5.41, 5.74) is 0.218. The van der Waals surface area contributed by atoms with Crippen molar-refractivity contribution in [2.75, 3.05) is 7.11 Å². The third kappa shape index (κ3) is 4.45. The number of hydrogen-bond donors (Lipinski definition) is 0. The molecule has 0 saturated heterocycles. The fourth-order valence-corrected chi connectivity index (χ4v) is 3.55. The number of hydrogen-bond acceptors (Lipinski definition) is 6. The molecular weight excluding hydrogens is 388 g/mol. The number of carbonyl (C=O) groups excluding carboxylic acids is 1. The van der Waals surface area contributed by atoms with Gasteiger partial charge in [0.05, 0.1) is 19.2 Å². The molecule has 0 unspecified atom stereocenters. The lowest BCUT2D eigenvalue weighted by molar-refractivity contribution is 0.0995. The SMILES string of the molecule is COc1ccc(Cl)cc1C(=O)/N=c1\sc(C(C)(C)C)cn1Cc1ncon1. The second-order valence-corrected chi connectivity index (χ2v) is 8.31. The second kappa shape index (κ2) is 7.66. The van der Waals surface area contributed by atoms with Crippen LogP contribution in [0.2, 0.25) is 5.02 Å². The summed E-state index contributed by atoms with van der Waals surface area (Å²) in [6.45, 7) is 6.65. The maximum atomic E-state index is 12.8. The number of carbonyl (C=O) groups is 1. The number of methoxy groups -OCH3 is 1. The first kappa shape index (κ1) is 19.3. The molecule has 7 nitrogen and oxygen atoms in total. The molecule has 142 valence electrons. The molecule has 0 fully saturated rings. The van der Waals surface area contributed by atoms with Crippen molar-refractivity contribution >= 4 is 28.8 Å². The van der Waals surface area contributed by atoms with E-state index in [2.05, 4.69) is 35.9 Å². The van der Waals surface area contributed by atoms with E-state index in [4.69, 9.17) is 20.9 Å². The lowest BCUT2D eigenvalue weighted by Gasteiger charge is -2.14. The fraction of sp³-hybridized carbons (Fsp3) is 0.333. The minimum atomic E-state index is -0.432. The molecule has 1 amide bonds. The zero-order valence-corrected chi connectivity index (χ0v) is 17.0. The van der Waals surface area contributed by atoms with Crippen molar-refractivity contribution < 1.29 is 14.1 Å². The van der Waals surface area contributed by atoms with Crippen molar-refractivity contribution in [3.05, 3.63) is 56.9 Å². The van der Waals surface area contributed by atoms with Crippen LogP contribution in [0.4, 0.5) is 0 Å². The molecule has 3 aromatic rings. The topological polar surface area (TPSA) is 82.5 Å². The molecule has 0 aliphatic rings. The molecule has 0 radical (unpaired) electrons. The maximum absolute atomic E-state index is 12.8. The Bertz CT molecular complexity index is 1020. The van der Waals surface area contributed by atoms with E-state index < -0.39 is 5.91 Å². The second-order valence-electron chi connectivity index (χ2n) is 6.86. The van der Waals surface area contributed by atoms with Crippen molar-refractivity contribution in [1.82, 2.24) is 14.7 Å². The van der Waals surface area contributed by atoms with Gasteiger partial charge in [-0.05, 0) is 23.6 Å². The molecule has 27 heavy (non-hydrogen) atoms. The number of thiazole rings is 1. The molecule has 0 spiro atoms. The number of benzene rings is 1. The molecule has 0 N–H and O–H groups in total. The van der Waals surface area contributed by atoms with Crippen LogP contribution in [-0.4, -0.2) is 27.7 Å². The van der Waals surface area contributed by atoms with Gasteiger partial charge in [0.25, 0.3) is 5.91 Å². The predicted molar refractivity (Wildman–Crippen MR) is 102 cm³/mol. The summed E-state index contributed by atoms with van der Waals surface area (Å²) in [4.78, 5) is 22.8. The minimum absolute atomic E-state index is 0.0891. The Kier molecular flexibility index (Phi) is 5.48. The van der Waals surface area contributed by atoms with E-state index in [1.807, 2.05) is 10.8 Å². The van der Waals surface area contributed by atoms with Gasteiger partial charge in [0.15, 0.2) is 10.6 Å². The molecule has 0 saturated carbocycles. The average molecular weight is 407 g/mol. The highest BCUT2D eigenvalue weighted by Gasteiger charge is 2.19. The highest BCUT2D eigenvalue weighted by molar-refractivity contribution is 7.09. The van der Waals surface area contributed by atoms with Gasteiger partial charge in [0, 0.05) is 16.1 Å². The maximum Gasteiger partial charge on any atom is 0.283 e. The average Bonchev–Trinajstić information content (AvgIpc) is 3.25.